The van der Waals surface area contributed by atoms with Crippen LogP contribution in [0.2, 0.25) is 0 Å². The lowest BCUT2D eigenvalue weighted by Gasteiger charge is -2.21. The highest BCUT2D eigenvalue weighted by atomic mass is 15.1. The lowest BCUT2D eigenvalue weighted by molar-refractivity contribution is 0.377. The number of likely N-dealkylation sites (N-methyl/N-ethyl adjacent to an activating group) is 1. The maximum absolute atomic E-state index is 2.31. The minimum absolute atomic E-state index is 0.443. The summed E-state index contributed by atoms with van der Waals surface area (Å²) in [5.74, 6) is 0. The van der Waals surface area contributed by atoms with Crippen LogP contribution in [0, 0.1) is 0 Å². The van der Waals surface area contributed by atoms with E-state index >= 15 is 0 Å². The largest absolute Gasteiger partial charge is 0.347 e. The van der Waals surface area contributed by atoms with Crippen LogP contribution in [0.25, 0.3) is 10.9 Å². The van der Waals surface area contributed by atoms with Gasteiger partial charge in [-0.1, -0.05) is 36.4 Å². The fraction of sp³-hybridized carbons (Fsp3) is 0.294. The van der Waals surface area contributed by atoms with E-state index in [4.69, 9.17) is 0 Å². The van der Waals surface area contributed by atoms with Crippen molar-refractivity contribution < 1.29 is 0 Å². The minimum Gasteiger partial charge on any atom is -0.347 e. The predicted octanol–water partition coefficient (Wildman–Crippen LogP) is 3.15. The van der Waals surface area contributed by atoms with Crippen LogP contribution in [-0.2, 0) is 13.5 Å². The lowest BCUT2D eigenvalue weighted by Crippen LogP contribution is -2.27. The van der Waals surface area contributed by atoms with E-state index in [1.807, 2.05) is 0 Å². The van der Waals surface area contributed by atoms with Crippen molar-refractivity contribution in [1.82, 2.24) is 9.47 Å². The maximum atomic E-state index is 2.31. The third-order valence-corrected chi connectivity index (χ3v) is 3.98. The molecule has 1 aromatic carbocycles. The normalized spacial score (nSPS) is 18.5. The summed E-state index contributed by atoms with van der Waals surface area (Å²) in [5, 5.41) is 1.33. The average molecular weight is 252 g/mol. The van der Waals surface area contributed by atoms with Crippen LogP contribution in [-0.4, -0.2) is 29.6 Å². The van der Waals surface area contributed by atoms with Gasteiger partial charge in [0.15, 0.2) is 0 Å². The molecule has 1 unspecified atom stereocenters. The molecule has 0 radical (unpaired) electrons. The molecular weight excluding hydrogens is 232 g/mol. The Hall–Kier alpha value is -1.80. The highest BCUT2D eigenvalue weighted by Crippen LogP contribution is 2.24. The molecule has 1 aromatic heterocycles. The van der Waals surface area contributed by atoms with Crippen LogP contribution in [0.5, 0.6) is 0 Å². The van der Waals surface area contributed by atoms with Crippen molar-refractivity contribution in [3.63, 3.8) is 0 Å². The van der Waals surface area contributed by atoms with E-state index in [1.54, 1.807) is 0 Å². The van der Waals surface area contributed by atoms with Crippen LogP contribution in [0.1, 0.15) is 5.69 Å². The van der Waals surface area contributed by atoms with Crippen LogP contribution in [0.4, 0.5) is 0 Å². The summed E-state index contributed by atoms with van der Waals surface area (Å²) in [7, 11) is 6.43. The van der Waals surface area contributed by atoms with E-state index in [-0.39, 0.29) is 0 Å². The lowest BCUT2D eigenvalue weighted by atomic mass is 10.0. The van der Waals surface area contributed by atoms with E-state index in [1.165, 1.54) is 22.2 Å². The molecule has 0 saturated carbocycles. The van der Waals surface area contributed by atoms with Gasteiger partial charge in [0, 0.05) is 30.7 Å². The van der Waals surface area contributed by atoms with Crippen LogP contribution in [0.15, 0.2) is 54.1 Å². The minimum atomic E-state index is 0.443. The van der Waals surface area contributed by atoms with Gasteiger partial charge in [0.1, 0.15) is 0 Å². The van der Waals surface area contributed by atoms with Crippen molar-refractivity contribution in [2.24, 2.45) is 7.05 Å². The molecular formula is C17H20N2. The number of fused-ring (bicyclic) bond motifs is 1. The van der Waals surface area contributed by atoms with Gasteiger partial charge >= 0.3 is 0 Å². The number of aromatic nitrogens is 1. The zero-order valence-electron chi connectivity index (χ0n) is 11.8. The third-order valence-electron chi connectivity index (χ3n) is 3.98. The molecule has 19 heavy (non-hydrogen) atoms. The quantitative estimate of drug-likeness (QED) is 0.814. The molecule has 1 aliphatic rings. The first kappa shape index (κ1) is 12.2. The monoisotopic (exact) mass is 252 g/mol. The SMILES string of the molecule is CN(C)C1C=CC=C1Cc1cc2ccccc2n1C. The summed E-state index contributed by atoms with van der Waals surface area (Å²) >= 11 is 0. The summed E-state index contributed by atoms with van der Waals surface area (Å²) in [6.45, 7) is 0. The number of hydrogen-bond donors (Lipinski definition) is 0. The maximum Gasteiger partial charge on any atom is 0.0495 e. The Labute approximate surface area is 114 Å². The second-order valence-electron chi connectivity index (χ2n) is 5.47. The summed E-state index contributed by atoms with van der Waals surface area (Å²) < 4.78 is 2.31. The van der Waals surface area contributed by atoms with E-state index in [2.05, 4.69) is 79.2 Å². The molecule has 2 aromatic rings. The first-order valence-corrected chi connectivity index (χ1v) is 6.74. The molecule has 0 bridgehead atoms. The van der Waals surface area contributed by atoms with Gasteiger partial charge in [-0.25, -0.2) is 0 Å². The zero-order valence-corrected chi connectivity index (χ0v) is 11.8. The highest BCUT2D eigenvalue weighted by molar-refractivity contribution is 5.81. The molecule has 0 amide bonds. The van der Waals surface area contributed by atoms with E-state index in [0.717, 1.165) is 6.42 Å². The Kier molecular flexibility index (Phi) is 3.03. The Balaban J connectivity index is 1.92. The van der Waals surface area contributed by atoms with Crippen molar-refractivity contribution in [3.8, 4) is 0 Å². The Morgan fingerprint density at radius 2 is 2.00 bits per heavy atom. The van der Waals surface area contributed by atoms with Gasteiger partial charge in [0.2, 0.25) is 0 Å². The highest BCUT2D eigenvalue weighted by Gasteiger charge is 2.18. The van der Waals surface area contributed by atoms with E-state index in [0.29, 0.717) is 6.04 Å². The molecule has 1 aliphatic carbocycles. The van der Waals surface area contributed by atoms with Gasteiger partial charge in [-0.3, -0.25) is 4.90 Å². The van der Waals surface area contributed by atoms with Gasteiger partial charge in [0.05, 0.1) is 0 Å². The summed E-state index contributed by atoms with van der Waals surface area (Å²) in [4.78, 5) is 2.26. The van der Waals surface area contributed by atoms with Crippen molar-refractivity contribution in [1.29, 1.82) is 0 Å². The number of nitrogens with zero attached hydrogens (tertiary/aromatic N) is 2. The fourth-order valence-corrected chi connectivity index (χ4v) is 2.90. The summed E-state index contributed by atoms with van der Waals surface area (Å²) in [6.07, 6.45) is 7.70. The number of rotatable bonds is 3. The fourth-order valence-electron chi connectivity index (χ4n) is 2.90. The molecule has 0 aliphatic heterocycles. The Bertz CT molecular complexity index is 659. The molecule has 2 nitrogen and oxygen atoms in total. The zero-order chi connectivity index (χ0) is 13.4. The molecule has 0 spiro atoms. The average Bonchev–Trinajstić information content (AvgIpc) is 2.97. The topological polar surface area (TPSA) is 8.17 Å². The molecule has 3 rings (SSSR count). The van der Waals surface area contributed by atoms with Crippen LogP contribution in [0.3, 0.4) is 0 Å². The van der Waals surface area contributed by atoms with Crippen molar-refractivity contribution in [3.05, 3.63) is 59.8 Å². The van der Waals surface area contributed by atoms with Crippen LogP contribution >= 0.6 is 0 Å². The van der Waals surface area contributed by atoms with E-state index in [9.17, 15) is 0 Å². The van der Waals surface area contributed by atoms with Gasteiger partial charge in [-0.05, 0) is 37.2 Å². The van der Waals surface area contributed by atoms with Gasteiger partial charge in [0.25, 0.3) is 0 Å². The first-order valence-electron chi connectivity index (χ1n) is 6.74. The smallest absolute Gasteiger partial charge is 0.0495 e. The van der Waals surface area contributed by atoms with Crippen molar-refractivity contribution >= 4 is 10.9 Å². The molecule has 1 heterocycles. The second-order valence-corrected chi connectivity index (χ2v) is 5.47. The van der Waals surface area contributed by atoms with Gasteiger partial charge in [-0.2, -0.15) is 0 Å². The molecule has 0 fully saturated rings. The number of aryl methyl sites for hydroxylation is 1. The van der Waals surface area contributed by atoms with Crippen molar-refractivity contribution in [2.45, 2.75) is 12.5 Å². The van der Waals surface area contributed by atoms with Crippen molar-refractivity contribution in [2.75, 3.05) is 14.1 Å². The number of hydrogen-bond acceptors (Lipinski definition) is 1. The van der Waals surface area contributed by atoms with Gasteiger partial charge < -0.3 is 4.57 Å². The second kappa shape index (κ2) is 4.71. The Morgan fingerprint density at radius 1 is 1.21 bits per heavy atom. The summed E-state index contributed by atoms with van der Waals surface area (Å²) in [6, 6.07) is 11.3. The standard InChI is InChI=1S/C17H20N2/c1-18(2)16-10-6-8-13(16)11-15-12-14-7-4-5-9-17(14)19(15)3/h4-10,12,16H,11H2,1-3H3. The molecule has 2 heteroatoms. The number of benzene rings is 1. The number of para-hydroxylation sites is 1. The van der Waals surface area contributed by atoms with E-state index < -0.39 is 0 Å². The molecule has 98 valence electrons. The predicted molar refractivity (Wildman–Crippen MR) is 81.3 cm³/mol. The number of allylic oxidation sites excluding steroid dienone is 2. The molecule has 1 atom stereocenters. The molecule has 0 N–H and O–H groups in total. The Morgan fingerprint density at radius 3 is 2.74 bits per heavy atom. The van der Waals surface area contributed by atoms with Gasteiger partial charge in [-0.15, -0.1) is 0 Å². The van der Waals surface area contributed by atoms with Crippen LogP contribution < -0.4 is 0 Å². The third kappa shape index (κ3) is 2.13. The summed E-state index contributed by atoms with van der Waals surface area (Å²) in [5.41, 5.74) is 4.16. The first-order chi connectivity index (χ1) is 9.16. The molecule has 0 saturated heterocycles.